The molecule has 1 aliphatic heterocycles. The molecule has 0 spiro atoms. The van der Waals surface area contributed by atoms with Crippen molar-refractivity contribution < 1.29 is 9.59 Å². The smallest absolute Gasteiger partial charge is 0.324 e. The van der Waals surface area contributed by atoms with E-state index in [-0.39, 0.29) is 18.5 Å². The number of imide groups is 1. The first-order valence-electron chi connectivity index (χ1n) is 6.73. The van der Waals surface area contributed by atoms with Crippen LogP contribution >= 0.6 is 11.3 Å². The molecule has 1 aliphatic rings. The van der Waals surface area contributed by atoms with Gasteiger partial charge >= 0.3 is 6.03 Å². The Kier molecular flexibility index (Phi) is 3.70. The predicted molar refractivity (Wildman–Crippen MR) is 81.1 cm³/mol. The summed E-state index contributed by atoms with van der Waals surface area (Å²) in [5, 5.41) is 5.61. The Hall–Kier alpha value is -2.21. The number of rotatable bonds is 4. The number of hydrogen-bond donors (Lipinski definition) is 1. The number of amides is 3. The molecule has 0 saturated carbocycles. The molecular weight excluding hydrogens is 286 g/mol. The van der Waals surface area contributed by atoms with Crippen LogP contribution in [0.1, 0.15) is 10.6 Å². The van der Waals surface area contributed by atoms with E-state index in [2.05, 4.69) is 10.3 Å². The molecule has 2 heterocycles. The van der Waals surface area contributed by atoms with Crippen molar-refractivity contribution in [2.24, 2.45) is 0 Å². The van der Waals surface area contributed by atoms with E-state index in [1.165, 1.54) is 4.90 Å². The number of urea groups is 1. The zero-order valence-corrected chi connectivity index (χ0v) is 12.4. The van der Waals surface area contributed by atoms with E-state index in [4.69, 9.17) is 0 Å². The highest BCUT2D eigenvalue weighted by molar-refractivity contribution is 7.09. The van der Waals surface area contributed by atoms with Gasteiger partial charge in [0.1, 0.15) is 0 Å². The fourth-order valence-corrected chi connectivity index (χ4v) is 2.88. The molecule has 1 fully saturated rings. The number of carbonyl (C=O) groups excluding carboxylic acids is 2. The molecule has 0 aliphatic carbocycles. The van der Waals surface area contributed by atoms with Crippen molar-refractivity contribution in [2.75, 3.05) is 13.1 Å². The minimum absolute atomic E-state index is 0.112. The van der Waals surface area contributed by atoms with Crippen LogP contribution in [-0.2, 0) is 11.2 Å². The Labute approximate surface area is 126 Å². The first-order chi connectivity index (χ1) is 10.1. The lowest BCUT2D eigenvalue weighted by Crippen LogP contribution is -2.32. The fourth-order valence-electron chi connectivity index (χ4n) is 2.26. The van der Waals surface area contributed by atoms with Gasteiger partial charge in [-0.1, -0.05) is 24.3 Å². The third kappa shape index (κ3) is 2.95. The van der Waals surface area contributed by atoms with E-state index in [1.807, 2.05) is 36.6 Å². The summed E-state index contributed by atoms with van der Waals surface area (Å²) in [5.74, 6) is -0.158. The maximum Gasteiger partial charge on any atom is 0.324 e. The van der Waals surface area contributed by atoms with Gasteiger partial charge in [-0.2, -0.15) is 0 Å². The molecule has 0 unspecified atom stereocenters. The highest BCUT2D eigenvalue weighted by Crippen LogP contribution is 2.22. The van der Waals surface area contributed by atoms with Crippen molar-refractivity contribution in [3.05, 3.63) is 40.2 Å². The van der Waals surface area contributed by atoms with Crippen LogP contribution in [0.3, 0.4) is 0 Å². The number of nitrogens with zero attached hydrogens (tertiary/aromatic N) is 2. The van der Waals surface area contributed by atoms with Crippen molar-refractivity contribution in [2.45, 2.75) is 13.3 Å². The molecular formula is C15H15N3O2S. The molecule has 2 aromatic rings. The predicted octanol–water partition coefficient (Wildman–Crippen LogP) is 2.21. The van der Waals surface area contributed by atoms with Gasteiger partial charge in [0.2, 0.25) is 5.91 Å². The van der Waals surface area contributed by atoms with Gasteiger partial charge < -0.3 is 5.32 Å². The summed E-state index contributed by atoms with van der Waals surface area (Å²) in [6.07, 6.45) is 0.662. The lowest BCUT2D eigenvalue weighted by molar-refractivity contribution is -0.124. The molecule has 1 aromatic heterocycles. The summed E-state index contributed by atoms with van der Waals surface area (Å²) >= 11 is 1.63. The Bertz CT molecular complexity index is 662. The van der Waals surface area contributed by atoms with E-state index < -0.39 is 0 Å². The molecule has 0 radical (unpaired) electrons. The van der Waals surface area contributed by atoms with Crippen LogP contribution in [0.5, 0.6) is 0 Å². The van der Waals surface area contributed by atoms with Crippen LogP contribution < -0.4 is 5.32 Å². The Balaban J connectivity index is 1.65. The topological polar surface area (TPSA) is 62.3 Å². The largest absolute Gasteiger partial charge is 0.329 e. The fraction of sp³-hybridized carbons (Fsp3) is 0.267. The number of hydrogen-bond acceptors (Lipinski definition) is 4. The second-order valence-corrected chi connectivity index (χ2v) is 5.96. The van der Waals surface area contributed by atoms with Crippen LogP contribution in [0.15, 0.2) is 29.6 Å². The summed E-state index contributed by atoms with van der Waals surface area (Å²) in [7, 11) is 0. The average Bonchev–Trinajstić information content (AvgIpc) is 3.05. The molecule has 1 saturated heterocycles. The normalized spacial score (nSPS) is 14.6. The van der Waals surface area contributed by atoms with E-state index >= 15 is 0 Å². The molecule has 1 N–H and O–H groups in total. The molecule has 0 bridgehead atoms. The average molecular weight is 301 g/mol. The Morgan fingerprint density at radius 2 is 2.05 bits per heavy atom. The molecule has 108 valence electrons. The SMILES string of the molecule is Cc1nc(-c2ccc(CCN3C(=O)CNC3=O)cc2)cs1. The van der Waals surface area contributed by atoms with Crippen molar-refractivity contribution in [3.63, 3.8) is 0 Å². The van der Waals surface area contributed by atoms with Crippen molar-refractivity contribution in [1.82, 2.24) is 15.2 Å². The standard InChI is InChI=1S/C15H15N3O2S/c1-10-17-13(9-21-10)12-4-2-11(3-5-12)6-7-18-14(19)8-16-15(18)20/h2-5,9H,6-8H2,1H3,(H,16,20). The maximum absolute atomic E-state index is 11.5. The molecule has 3 amide bonds. The van der Waals surface area contributed by atoms with Crippen molar-refractivity contribution in [1.29, 1.82) is 0 Å². The molecule has 5 nitrogen and oxygen atoms in total. The zero-order valence-electron chi connectivity index (χ0n) is 11.6. The molecule has 6 heteroatoms. The molecule has 0 atom stereocenters. The minimum Gasteiger partial charge on any atom is -0.329 e. The summed E-state index contributed by atoms with van der Waals surface area (Å²) in [6, 6.07) is 7.78. The number of aromatic nitrogens is 1. The van der Waals surface area contributed by atoms with Gasteiger partial charge in [0, 0.05) is 17.5 Å². The summed E-state index contributed by atoms with van der Waals surface area (Å²) < 4.78 is 0. The number of aryl methyl sites for hydroxylation is 1. The summed E-state index contributed by atoms with van der Waals surface area (Å²) in [6.45, 7) is 2.52. The lowest BCUT2D eigenvalue weighted by atomic mass is 10.1. The quantitative estimate of drug-likeness (QED) is 0.881. The summed E-state index contributed by atoms with van der Waals surface area (Å²) in [4.78, 5) is 28.6. The van der Waals surface area contributed by atoms with Crippen molar-refractivity contribution >= 4 is 23.3 Å². The Morgan fingerprint density at radius 3 is 2.62 bits per heavy atom. The van der Waals surface area contributed by atoms with Crippen molar-refractivity contribution in [3.8, 4) is 11.3 Å². The van der Waals surface area contributed by atoms with E-state index in [9.17, 15) is 9.59 Å². The van der Waals surface area contributed by atoms with E-state index in [1.54, 1.807) is 11.3 Å². The molecule has 3 rings (SSSR count). The Morgan fingerprint density at radius 1 is 1.29 bits per heavy atom. The lowest BCUT2D eigenvalue weighted by Gasteiger charge is -2.12. The number of benzene rings is 1. The molecule has 21 heavy (non-hydrogen) atoms. The van der Waals surface area contributed by atoms with E-state index in [0.29, 0.717) is 13.0 Å². The van der Waals surface area contributed by atoms with Gasteiger partial charge in [0.15, 0.2) is 0 Å². The number of thiazole rings is 1. The van der Waals surface area contributed by atoms with Crippen LogP contribution in [0, 0.1) is 6.92 Å². The minimum atomic E-state index is -0.297. The van der Waals surface area contributed by atoms with Crippen LogP contribution in [0.25, 0.3) is 11.3 Å². The van der Waals surface area contributed by atoms with Gasteiger partial charge in [0.05, 0.1) is 17.2 Å². The zero-order chi connectivity index (χ0) is 14.8. The second-order valence-electron chi connectivity index (χ2n) is 4.90. The van der Waals surface area contributed by atoms with Gasteiger partial charge in [-0.05, 0) is 18.9 Å². The highest BCUT2D eigenvalue weighted by atomic mass is 32.1. The van der Waals surface area contributed by atoms with Gasteiger partial charge in [-0.3, -0.25) is 9.69 Å². The second kappa shape index (κ2) is 5.65. The first kappa shape index (κ1) is 13.8. The summed E-state index contributed by atoms with van der Waals surface area (Å²) in [5.41, 5.74) is 3.16. The van der Waals surface area contributed by atoms with Crippen LogP contribution in [0.4, 0.5) is 4.79 Å². The van der Waals surface area contributed by atoms with Crippen LogP contribution in [0.2, 0.25) is 0 Å². The van der Waals surface area contributed by atoms with Crippen LogP contribution in [-0.4, -0.2) is 34.9 Å². The van der Waals surface area contributed by atoms with Gasteiger partial charge in [-0.25, -0.2) is 9.78 Å². The van der Waals surface area contributed by atoms with Gasteiger partial charge in [-0.15, -0.1) is 11.3 Å². The van der Waals surface area contributed by atoms with E-state index in [0.717, 1.165) is 21.8 Å². The third-order valence-electron chi connectivity index (χ3n) is 3.43. The highest BCUT2D eigenvalue weighted by Gasteiger charge is 2.27. The molecule has 1 aromatic carbocycles. The first-order valence-corrected chi connectivity index (χ1v) is 7.61. The monoisotopic (exact) mass is 301 g/mol. The van der Waals surface area contributed by atoms with Gasteiger partial charge in [0.25, 0.3) is 0 Å². The maximum atomic E-state index is 11.5. The number of carbonyl (C=O) groups is 2. The third-order valence-corrected chi connectivity index (χ3v) is 4.20. The number of nitrogens with one attached hydrogen (secondary N) is 1.